The van der Waals surface area contributed by atoms with Crippen molar-refractivity contribution in [3.63, 3.8) is 0 Å². The molecule has 40 heavy (non-hydrogen) atoms. The Morgan fingerprint density at radius 2 is 1.80 bits per heavy atom. The van der Waals surface area contributed by atoms with E-state index in [1.807, 2.05) is 59.5 Å². The number of nitrogens with zero attached hydrogens (tertiary/aromatic N) is 5. The summed E-state index contributed by atoms with van der Waals surface area (Å²) >= 11 is 0. The summed E-state index contributed by atoms with van der Waals surface area (Å²) in [7, 11) is 0. The van der Waals surface area contributed by atoms with Crippen LogP contribution < -0.4 is 10.2 Å². The number of nitrogens with one attached hydrogen (secondary N) is 1. The number of pyridine rings is 1. The van der Waals surface area contributed by atoms with Gasteiger partial charge in [0, 0.05) is 50.4 Å². The van der Waals surface area contributed by atoms with Crippen molar-refractivity contribution in [1.29, 1.82) is 0 Å². The Hall–Kier alpha value is -4.04. The number of aromatic nitrogens is 3. The monoisotopic (exact) mass is 538 g/mol. The van der Waals surface area contributed by atoms with Gasteiger partial charge in [0.15, 0.2) is 0 Å². The highest BCUT2D eigenvalue weighted by atomic mass is 16.2. The second kappa shape index (κ2) is 12.4. The van der Waals surface area contributed by atoms with E-state index in [9.17, 15) is 9.59 Å². The maximum absolute atomic E-state index is 12.9. The van der Waals surface area contributed by atoms with Gasteiger partial charge in [-0.2, -0.15) is 5.10 Å². The Morgan fingerprint density at radius 1 is 0.975 bits per heavy atom. The molecule has 0 saturated carbocycles. The number of hydrogen-bond acceptors (Lipinski definition) is 6. The third kappa shape index (κ3) is 6.39. The van der Waals surface area contributed by atoms with Crippen LogP contribution in [0.5, 0.6) is 0 Å². The fourth-order valence-corrected chi connectivity index (χ4v) is 5.39. The minimum Gasteiger partial charge on any atom is -0.368 e. The molecule has 1 aliphatic heterocycles. The number of Topliss-reactive ketones (excluding diaryl/α,β-unsaturated/α-hetero) is 1. The van der Waals surface area contributed by atoms with Crippen molar-refractivity contribution >= 4 is 28.3 Å². The Balaban J connectivity index is 1.40. The van der Waals surface area contributed by atoms with Gasteiger partial charge in [-0.15, -0.1) is 0 Å². The third-order valence-corrected chi connectivity index (χ3v) is 7.57. The summed E-state index contributed by atoms with van der Waals surface area (Å²) in [5, 5.41) is 8.83. The minimum atomic E-state index is -0.200. The lowest BCUT2D eigenvalue weighted by Crippen LogP contribution is -2.38. The summed E-state index contributed by atoms with van der Waals surface area (Å²) < 4.78 is 1.86. The molecule has 1 unspecified atom stereocenters. The van der Waals surface area contributed by atoms with Crippen LogP contribution in [0.15, 0.2) is 73.1 Å². The Bertz CT molecular complexity index is 1460. The van der Waals surface area contributed by atoms with Crippen molar-refractivity contribution in [2.75, 3.05) is 37.6 Å². The molecule has 8 heteroatoms. The first-order valence-corrected chi connectivity index (χ1v) is 14.1. The fourth-order valence-electron chi connectivity index (χ4n) is 5.39. The Morgan fingerprint density at radius 3 is 2.58 bits per heavy atom. The molecule has 0 aliphatic carbocycles. The molecule has 2 aromatic carbocycles. The number of amides is 1. The van der Waals surface area contributed by atoms with Crippen molar-refractivity contribution in [3.8, 4) is 5.69 Å². The lowest BCUT2D eigenvalue weighted by atomic mass is 9.99. The zero-order valence-electron chi connectivity index (χ0n) is 23.6. The number of rotatable bonds is 9. The molecule has 1 amide bonds. The summed E-state index contributed by atoms with van der Waals surface area (Å²) in [6.07, 6.45) is 5.01. The van der Waals surface area contributed by atoms with E-state index in [0.29, 0.717) is 5.92 Å². The topological polar surface area (TPSA) is 83.4 Å². The van der Waals surface area contributed by atoms with E-state index in [0.717, 1.165) is 54.9 Å². The molecule has 5 rings (SSSR count). The average Bonchev–Trinajstić information content (AvgIpc) is 3.33. The zero-order chi connectivity index (χ0) is 28.1. The van der Waals surface area contributed by atoms with Crippen LogP contribution in [-0.4, -0.2) is 64.1 Å². The number of ketones is 1. The summed E-state index contributed by atoms with van der Waals surface area (Å²) in [6.45, 7) is 9.32. The summed E-state index contributed by atoms with van der Waals surface area (Å²) in [6, 6.07) is 20.5. The third-order valence-electron chi connectivity index (χ3n) is 7.57. The van der Waals surface area contributed by atoms with E-state index in [2.05, 4.69) is 47.2 Å². The second-order valence-corrected chi connectivity index (χ2v) is 10.9. The van der Waals surface area contributed by atoms with Crippen molar-refractivity contribution in [2.45, 2.75) is 45.6 Å². The van der Waals surface area contributed by atoms with Gasteiger partial charge in [0.1, 0.15) is 5.78 Å². The van der Waals surface area contributed by atoms with Gasteiger partial charge < -0.3 is 10.2 Å². The zero-order valence-corrected chi connectivity index (χ0v) is 23.6. The van der Waals surface area contributed by atoms with Crippen LogP contribution in [0.2, 0.25) is 0 Å². The van der Waals surface area contributed by atoms with Crippen molar-refractivity contribution < 1.29 is 9.59 Å². The molecule has 0 radical (unpaired) electrons. The Labute approximate surface area is 236 Å². The van der Waals surface area contributed by atoms with Crippen LogP contribution >= 0.6 is 0 Å². The first kappa shape index (κ1) is 27.5. The molecule has 1 aliphatic rings. The normalized spacial score (nSPS) is 15.2. The molecule has 8 nitrogen and oxygen atoms in total. The van der Waals surface area contributed by atoms with E-state index < -0.39 is 0 Å². The molecule has 4 aromatic rings. The molecular weight excluding hydrogens is 500 g/mol. The van der Waals surface area contributed by atoms with Crippen LogP contribution in [0.3, 0.4) is 0 Å². The van der Waals surface area contributed by atoms with E-state index in [1.165, 1.54) is 18.2 Å². The highest BCUT2D eigenvalue weighted by Gasteiger charge is 2.28. The van der Waals surface area contributed by atoms with E-state index in [1.54, 1.807) is 0 Å². The highest BCUT2D eigenvalue weighted by Crippen LogP contribution is 2.32. The van der Waals surface area contributed by atoms with Crippen LogP contribution in [0.4, 0.5) is 5.69 Å². The summed E-state index contributed by atoms with van der Waals surface area (Å²) in [4.78, 5) is 34.0. The number of para-hydroxylation sites is 1. The van der Waals surface area contributed by atoms with Crippen molar-refractivity contribution in [2.24, 2.45) is 0 Å². The fraction of sp³-hybridized carbons (Fsp3) is 0.375. The van der Waals surface area contributed by atoms with Gasteiger partial charge in [-0.05, 0) is 61.2 Å². The average molecular weight is 539 g/mol. The predicted molar refractivity (Wildman–Crippen MR) is 159 cm³/mol. The minimum absolute atomic E-state index is 0.0457. The van der Waals surface area contributed by atoms with Gasteiger partial charge in [-0.3, -0.25) is 19.5 Å². The molecule has 1 fully saturated rings. The number of hydrogen-bond donors (Lipinski definition) is 1. The molecule has 208 valence electrons. The molecule has 1 saturated heterocycles. The number of anilines is 1. The SMILES string of the molecule is CC(=O)CNC(=O)CC(c1ccn(-c2ccccc2)n1)N1CCCN(c2cc(C(C)C)cc3cccnc23)CC1. The van der Waals surface area contributed by atoms with Crippen LogP contribution in [0, 0.1) is 0 Å². The maximum atomic E-state index is 12.9. The van der Waals surface area contributed by atoms with E-state index >= 15 is 0 Å². The van der Waals surface area contributed by atoms with Gasteiger partial charge >= 0.3 is 0 Å². The van der Waals surface area contributed by atoms with Gasteiger partial charge in [0.2, 0.25) is 5.91 Å². The van der Waals surface area contributed by atoms with E-state index in [4.69, 9.17) is 10.1 Å². The largest absolute Gasteiger partial charge is 0.368 e. The van der Waals surface area contributed by atoms with Gasteiger partial charge in [0.05, 0.1) is 35.2 Å². The number of carbonyl (C=O) groups is 2. The standard InChI is InChI=1S/C32H38N6O2/c1-23(2)26-19-25-9-7-13-33-32(25)30(20-26)37-15-8-14-36(17-18-37)29(21-31(40)34-22-24(3)39)28-12-16-38(35-28)27-10-5-4-6-11-27/h4-7,9-13,16,19-20,23,29H,8,14-15,17-18,21-22H2,1-3H3,(H,34,40). The smallest absolute Gasteiger partial charge is 0.222 e. The first-order chi connectivity index (χ1) is 19.4. The lowest BCUT2D eigenvalue weighted by molar-refractivity contribution is -0.125. The van der Waals surface area contributed by atoms with E-state index in [-0.39, 0.29) is 30.7 Å². The number of benzene rings is 2. The van der Waals surface area contributed by atoms with Crippen LogP contribution in [0.25, 0.3) is 16.6 Å². The van der Waals surface area contributed by atoms with Crippen molar-refractivity contribution in [1.82, 2.24) is 25.0 Å². The predicted octanol–water partition coefficient (Wildman–Crippen LogP) is 4.89. The number of fused-ring (bicyclic) bond motifs is 1. The molecule has 3 heterocycles. The highest BCUT2D eigenvalue weighted by molar-refractivity contribution is 5.91. The van der Waals surface area contributed by atoms with Crippen LogP contribution in [0.1, 0.15) is 56.8 Å². The van der Waals surface area contributed by atoms with Crippen molar-refractivity contribution in [3.05, 3.63) is 84.3 Å². The van der Waals surface area contributed by atoms with Crippen LogP contribution in [-0.2, 0) is 9.59 Å². The molecule has 1 N–H and O–H groups in total. The first-order valence-electron chi connectivity index (χ1n) is 14.1. The van der Waals surface area contributed by atoms with Gasteiger partial charge in [-0.1, -0.05) is 38.1 Å². The lowest BCUT2D eigenvalue weighted by Gasteiger charge is -2.30. The molecule has 1 atom stereocenters. The summed E-state index contributed by atoms with van der Waals surface area (Å²) in [5.74, 6) is 0.216. The quantitative estimate of drug-likeness (QED) is 0.327. The van der Waals surface area contributed by atoms with Gasteiger partial charge in [0.25, 0.3) is 0 Å². The summed E-state index contributed by atoms with van der Waals surface area (Å²) in [5.41, 5.74) is 5.34. The molecule has 0 bridgehead atoms. The number of carbonyl (C=O) groups excluding carboxylic acids is 2. The molecule has 2 aromatic heterocycles. The molecular formula is C32H38N6O2. The van der Waals surface area contributed by atoms with Gasteiger partial charge in [-0.25, -0.2) is 4.68 Å². The molecule has 0 spiro atoms. The second-order valence-electron chi connectivity index (χ2n) is 10.9. The Kier molecular flexibility index (Phi) is 8.55. The maximum Gasteiger partial charge on any atom is 0.222 e.